The van der Waals surface area contributed by atoms with Crippen LogP contribution in [-0.2, 0) is 23.0 Å². The summed E-state index contributed by atoms with van der Waals surface area (Å²) < 4.78 is 34.7. The summed E-state index contributed by atoms with van der Waals surface area (Å²) in [6, 6.07) is 7.18. The molecule has 0 spiro atoms. The fourth-order valence-corrected chi connectivity index (χ4v) is 3.65. The molecule has 126 valence electrons. The Labute approximate surface area is 137 Å². The summed E-state index contributed by atoms with van der Waals surface area (Å²) in [4.78, 5) is 0.174. The van der Waals surface area contributed by atoms with E-state index in [1.807, 2.05) is 32.9 Å². The molecule has 0 saturated heterocycles. The van der Waals surface area contributed by atoms with E-state index in [0.29, 0.717) is 12.3 Å². The summed E-state index contributed by atoms with van der Waals surface area (Å²) in [6.07, 6.45) is 0.762. The number of ether oxygens (including phenoxy) is 1. The van der Waals surface area contributed by atoms with E-state index in [0.717, 1.165) is 23.4 Å². The van der Waals surface area contributed by atoms with E-state index in [1.165, 1.54) is 7.11 Å². The third-order valence-corrected chi connectivity index (χ3v) is 5.13. The molecular formula is C16H23N3O3S. The average molecular weight is 337 g/mol. The lowest BCUT2D eigenvalue weighted by Gasteiger charge is -2.12. The van der Waals surface area contributed by atoms with Crippen LogP contribution in [0.2, 0.25) is 0 Å². The van der Waals surface area contributed by atoms with E-state index in [4.69, 9.17) is 4.74 Å². The third kappa shape index (κ3) is 4.11. The number of aryl methyl sites for hydroxylation is 3. The van der Waals surface area contributed by atoms with Crippen molar-refractivity contribution >= 4 is 10.0 Å². The molecule has 1 heterocycles. The van der Waals surface area contributed by atoms with Crippen LogP contribution >= 0.6 is 0 Å². The van der Waals surface area contributed by atoms with Crippen LogP contribution in [0, 0.1) is 13.8 Å². The molecular weight excluding hydrogens is 314 g/mol. The van der Waals surface area contributed by atoms with Crippen molar-refractivity contribution in [2.75, 3.05) is 13.7 Å². The smallest absolute Gasteiger partial charge is 0.244 e. The largest absolute Gasteiger partial charge is 0.495 e. The van der Waals surface area contributed by atoms with Gasteiger partial charge in [0.05, 0.1) is 19.3 Å². The SMILES string of the molecule is CCc1ccc(OC)c(S(=O)(=O)NCCn2nc(C)cc2C)c1. The number of sulfonamides is 1. The first-order chi connectivity index (χ1) is 10.9. The number of methoxy groups -OCH3 is 1. The zero-order chi connectivity index (χ0) is 17.0. The van der Waals surface area contributed by atoms with Crippen LogP contribution in [0.3, 0.4) is 0 Å². The maximum Gasteiger partial charge on any atom is 0.244 e. The van der Waals surface area contributed by atoms with Gasteiger partial charge in [-0.05, 0) is 44.0 Å². The van der Waals surface area contributed by atoms with Gasteiger partial charge in [0.2, 0.25) is 10.0 Å². The van der Waals surface area contributed by atoms with Gasteiger partial charge in [0.15, 0.2) is 0 Å². The van der Waals surface area contributed by atoms with Crippen molar-refractivity contribution in [3.05, 3.63) is 41.2 Å². The number of nitrogens with zero attached hydrogens (tertiary/aromatic N) is 2. The van der Waals surface area contributed by atoms with Gasteiger partial charge < -0.3 is 4.74 Å². The van der Waals surface area contributed by atoms with Gasteiger partial charge in [-0.25, -0.2) is 13.1 Å². The maximum atomic E-state index is 12.5. The van der Waals surface area contributed by atoms with Crippen LogP contribution in [0.1, 0.15) is 23.9 Å². The molecule has 23 heavy (non-hydrogen) atoms. The Bertz CT molecular complexity index is 782. The van der Waals surface area contributed by atoms with Crippen LogP contribution < -0.4 is 9.46 Å². The third-order valence-electron chi connectivity index (χ3n) is 3.64. The first kappa shape index (κ1) is 17.5. The van der Waals surface area contributed by atoms with Crippen molar-refractivity contribution < 1.29 is 13.2 Å². The number of benzene rings is 1. The van der Waals surface area contributed by atoms with Gasteiger partial charge in [-0.2, -0.15) is 5.10 Å². The molecule has 0 aliphatic rings. The number of hydrogen-bond donors (Lipinski definition) is 1. The Morgan fingerprint density at radius 3 is 2.57 bits per heavy atom. The second kappa shape index (κ2) is 7.14. The van der Waals surface area contributed by atoms with Crippen molar-refractivity contribution in [1.82, 2.24) is 14.5 Å². The van der Waals surface area contributed by atoms with E-state index < -0.39 is 10.0 Å². The molecule has 0 atom stereocenters. The van der Waals surface area contributed by atoms with E-state index in [1.54, 1.807) is 16.8 Å². The quantitative estimate of drug-likeness (QED) is 0.839. The summed E-state index contributed by atoms with van der Waals surface area (Å²) >= 11 is 0. The highest BCUT2D eigenvalue weighted by atomic mass is 32.2. The molecule has 1 aromatic heterocycles. The Kier molecular flexibility index (Phi) is 5.43. The molecule has 0 saturated carbocycles. The second-order valence-electron chi connectivity index (χ2n) is 5.39. The first-order valence-corrected chi connectivity index (χ1v) is 9.03. The van der Waals surface area contributed by atoms with E-state index in [-0.39, 0.29) is 11.4 Å². The first-order valence-electron chi connectivity index (χ1n) is 7.55. The number of nitrogens with one attached hydrogen (secondary N) is 1. The van der Waals surface area contributed by atoms with Gasteiger partial charge in [-0.15, -0.1) is 0 Å². The summed E-state index contributed by atoms with van der Waals surface area (Å²) in [7, 11) is -2.16. The maximum absolute atomic E-state index is 12.5. The Hall–Kier alpha value is -1.86. The zero-order valence-electron chi connectivity index (χ0n) is 14.0. The predicted octanol–water partition coefficient (Wildman–Crippen LogP) is 2.05. The van der Waals surface area contributed by atoms with Gasteiger partial charge in [0.1, 0.15) is 10.6 Å². The van der Waals surface area contributed by atoms with E-state index in [9.17, 15) is 8.42 Å². The normalized spacial score (nSPS) is 11.7. The van der Waals surface area contributed by atoms with Gasteiger partial charge in [0.25, 0.3) is 0 Å². The minimum atomic E-state index is -3.63. The summed E-state index contributed by atoms with van der Waals surface area (Å²) in [5.41, 5.74) is 2.87. The molecule has 2 rings (SSSR count). The topological polar surface area (TPSA) is 73.2 Å². The van der Waals surface area contributed by atoms with Crippen LogP contribution in [0.15, 0.2) is 29.2 Å². The summed E-state index contributed by atoms with van der Waals surface area (Å²) in [5, 5.41) is 4.32. The summed E-state index contributed by atoms with van der Waals surface area (Å²) in [5.74, 6) is 0.348. The Morgan fingerprint density at radius 2 is 2.00 bits per heavy atom. The molecule has 0 aliphatic carbocycles. The van der Waals surface area contributed by atoms with Gasteiger partial charge in [-0.1, -0.05) is 13.0 Å². The van der Waals surface area contributed by atoms with Crippen molar-refractivity contribution in [2.45, 2.75) is 38.6 Å². The van der Waals surface area contributed by atoms with Crippen LogP contribution in [0.25, 0.3) is 0 Å². The van der Waals surface area contributed by atoms with Crippen molar-refractivity contribution in [2.24, 2.45) is 0 Å². The molecule has 2 aromatic rings. The molecule has 6 nitrogen and oxygen atoms in total. The van der Waals surface area contributed by atoms with Crippen LogP contribution in [0.5, 0.6) is 5.75 Å². The highest BCUT2D eigenvalue weighted by molar-refractivity contribution is 7.89. The standard InChI is InChI=1S/C16H23N3O3S/c1-5-14-6-7-15(22-4)16(11-14)23(20,21)17-8-9-19-13(3)10-12(2)18-19/h6-7,10-11,17H,5,8-9H2,1-4H3. The average Bonchev–Trinajstić information content (AvgIpc) is 2.84. The minimum absolute atomic E-state index is 0.174. The van der Waals surface area contributed by atoms with Crippen molar-refractivity contribution in [3.63, 3.8) is 0 Å². The van der Waals surface area contributed by atoms with Gasteiger partial charge >= 0.3 is 0 Å². The lowest BCUT2D eigenvalue weighted by molar-refractivity contribution is 0.402. The molecule has 1 N–H and O–H groups in total. The molecule has 0 amide bonds. The number of hydrogen-bond acceptors (Lipinski definition) is 4. The Morgan fingerprint density at radius 1 is 1.26 bits per heavy atom. The molecule has 0 unspecified atom stereocenters. The monoisotopic (exact) mass is 337 g/mol. The second-order valence-corrected chi connectivity index (χ2v) is 7.12. The fourth-order valence-electron chi connectivity index (χ4n) is 2.42. The molecule has 7 heteroatoms. The van der Waals surface area contributed by atoms with Gasteiger partial charge in [0, 0.05) is 12.2 Å². The minimum Gasteiger partial charge on any atom is -0.495 e. The zero-order valence-corrected chi connectivity index (χ0v) is 14.8. The van der Waals surface area contributed by atoms with Crippen molar-refractivity contribution in [3.8, 4) is 5.75 Å². The van der Waals surface area contributed by atoms with Gasteiger partial charge in [-0.3, -0.25) is 4.68 Å². The summed E-state index contributed by atoms with van der Waals surface area (Å²) in [6.45, 7) is 6.59. The van der Waals surface area contributed by atoms with Crippen molar-refractivity contribution in [1.29, 1.82) is 0 Å². The van der Waals surface area contributed by atoms with E-state index in [2.05, 4.69) is 9.82 Å². The molecule has 1 aromatic carbocycles. The lowest BCUT2D eigenvalue weighted by atomic mass is 10.2. The van der Waals surface area contributed by atoms with Crippen LogP contribution in [-0.4, -0.2) is 31.9 Å². The van der Waals surface area contributed by atoms with Crippen LogP contribution in [0.4, 0.5) is 0 Å². The highest BCUT2D eigenvalue weighted by Crippen LogP contribution is 2.24. The predicted molar refractivity (Wildman–Crippen MR) is 89.3 cm³/mol. The number of aromatic nitrogens is 2. The lowest BCUT2D eigenvalue weighted by Crippen LogP contribution is -2.28. The van der Waals surface area contributed by atoms with E-state index >= 15 is 0 Å². The molecule has 0 radical (unpaired) electrons. The highest BCUT2D eigenvalue weighted by Gasteiger charge is 2.19. The fraction of sp³-hybridized carbons (Fsp3) is 0.438. The Balaban J connectivity index is 2.14. The number of rotatable bonds is 7. The molecule has 0 aliphatic heterocycles. The molecule has 0 fully saturated rings. The molecule has 0 bridgehead atoms.